The standard InChI is InChI=1S/C11H18N4O2/c1-8-6-12-4-2-9(8)11(16)13-5-3-10-14-7-17-15-10/h7-9,12H,2-6H2,1H3,(H,13,16). The minimum atomic E-state index is 0.126. The quantitative estimate of drug-likeness (QED) is 0.770. The SMILES string of the molecule is CC1CNCCC1C(=O)NCCc1ncon1. The Hall–Kier alpha value is -1.43. The van der Waals surface area contributed by atoms with Crippen molar-refractivity contribution >= 4 is 5.91 Å². The highest BCUT2D eigenvalue weighted by atomic mass is 16.5. The first kappa shape index (κ1) is 12.0. The van der Waals surface area contributed by atoms with Crippen LogP contribution in [0.3, 0.4) is 0 Å². The number of amides is 1. The minimum absolute atomic E-state index is 0.126. The molecule has 0 aromatic carbocycles. The molecule has 1 aliphatic heterocycles. The van der Waals surface area contributed by atoms with Crippen molar-refractivity contribution in [1.29, 1.82) is 0 Å². The van der Waals surface area contributed by atoms with Gasteiger partial charge in [-0.05, 0) is 25.4 Å². The smallest absolute Gasteiger partial charge is 0.223 e. The van der Waals surface area contributed by atoms with Gasteiger partial charge in [-0.2, -0.15) is 4.98 Å². The zero-order chi connectivity index (χ0) is 12.1. The van der Waals surface area contributed by atoms with E-state index in [1.54, 1.807) is 0 Å². The Kier molecular flexibility index (Phi) is 4.08. The Morgan fingerprint density at radius 2 is 2.59 bits per heavy atom. The van der Waals surface area contributed by atoms with Crippen molar-refractivity contribution in [3.05, 3.63) is 12.2 Å². The van der Waals surface area contributed by atoms with E-state index in [-0.39, 0.29) is 11.8 Å². The van der Waals surface area contributed by atoms with Gasteiger partial charge in [0.25, 0.3) is 0 Å². The number of piperidine rings is 1. The molecule has 6 nitrogen and oxygen atoms in total. The second kappa shape index (κ2) is 5.77. The van der Waals surface area contributed by atoms with E-state index < -0.39 is 0 Å². The molecule has 6 heteroatoms. The van der Waals surface area contributed by atoms with Gasteiger partial charge in [-0.15, -0.1) is 0 Å². The highest BCUT2D eigenvalue weighted by molar-refractivity contribution is 5.79. The molecule has 0 spiro atoms. The molecule has 1 aromatic heterocycles. The van der Waals surface area contributed by atoms with Crippen LogP contribution in [0.15, 0.2) is 10.9 Å². The number of rotatable bonds is 4. The monoisotopic (exact) mass is 238 g/mol. The van der Waals surface area contributed by atoms with E-state index in [1.165, 1.54) is 6.39 Å². The van der Waals surface area contributed by atoms with Crippen molar-refractivity contribution in [2.24, 2.45) is 11.8 Å². The van der Waals surface area contributed by atoms with E-state index >= 15 is 0 Å². The molecule has 0 bridgehead atoms. The lowest BCUT2D eigenvalue weighted by atomic mass is 9.87. The van der Waals surface area contributed by atoms with Crippen LogP contribution in [-0.2, 0) is 11.2 Å². The lowest BCUT2D eigenvalue weighted by Crippen LogP contribution is -2.43. The summed E-state index contributed by atoms with van der Waals surface area (Å²) in [5, 5.41) is 9.91. The number of nitrogens with zero attached hydrogens (tertiary/aromatic N) is 2. The van der Waals surface area contributed by atoms with Crippen LogP contribution < -0.4 is 10.6 Å². The summed E-state index contributed by atoms with van der Waals surface area (Å²) in [7, 11) is 0. The molecular formula is C11H18N4O2. The van der Waals surface area contributed by atoms with Gasteiger partial charge < -0.3 is 15.2 Å². The number of nitrogens with one attached hydrogen (secondary N) is 2. The summed E-state index contributed by atoms with van der Waals surface area (Å²) in [6, 6.07) is 0. The fourth-order valence-corrected chi connectivity index (χ4v) is 2.13. The molecule has 1 aliphatic rings. The molecular weight excluding hydrogens is 220 g/mol. The number of carbonyl (C=O) groups is 1. The molecule has 2 N–H and O–H groups in total. The molecule has 1 saturated heterocycles. The lowest BCUT2D eigenvalue weighted by molar-refractivity contribution is -0.127. The maximum absolute atomic E-state index is 11.9. The third kappa shape index (κ3) is 3.26. The Morgan fingerprint density at radius 3 is 3.29 bits per heavy atom. The van der Waals surface area contributed by atoms with Crippen LogP contribution >= 0.6 is 0 Å². The third-order valence-electron chi connectivity index (χ3n) is 3.18. The summed E-state index contributed by atoms with van der Waals surface area (Å²) in [4.78, 5) is 15.8. The molecule has 1 amide bonds. The highest BCUT2D eigenvalue weighted by Crippen LogP contribution is 2.18. The molecule has 17 heavy (non-hydrogen) atoms. The van der Waals surface area contributed by atoms with Crippen LogP contribution in [0.1, 0.15) is 19.2 Å². The van der Waals surface area contributed by atoms with Crippen LogP contribution in [0, 0.1) is 11.8 Å². The zero-order valence-electron chi connectivity index (χ0n) is 9.98. The van der Waals surface area contributed by atoms with Crippen molar-refractivity contribution in [2.45, 2.75) is 19.8 Å². The van der Waals surface area contributed by atoms with Gasteiger partial charge in [0.05, 0.1) is 0 Å². The topological polar surface area (TPSA) is 80.0 Å². The molecule has 2 atom stereocenters. The van der Waals surface area contributed by atoms with Gasteiger partial charge >= 0.3 is 0 Å². The van der Waals surface area contributed by atoms with Crippen molar-refractivity contribution < 1.29 is 9.32 Å². The first-order chi connectivity index (χ1) is 8.27. The van der Waals surface area contributed by atoms with Gasteiger partial charge in [-0.1, -0.05) is 12.1 Å². The van der Waals surface area contributed by atoms with Gasteiger partial charge in [0, 0.05) is 18.9 Å². The summed E-state index contributed by atoms with van der Waals surface area (Å²) < 4.78 is 4.62. The Balaban J connectivity index is 1.73. The fraction of sp³-hybridized carbons (Fsp3) is 0.727. The number of hydrogen-bond donors (Lipinski definition) is 2. The highest BCUT2D eigenvalue weighted by Gasteiger charge is 2.27. The summed E-state index contributed by atoms with van der Waals surface area (Å²) in [5.74, 6) is 1.29. The first-order valence-corrected chi connectivity index (χ1v) is 6.01. The van der Waals surface area contributed by atoms with Crippen molar-refractivity contribution in [3.8, 4) is 0 Å². The van der Waals surface area contributed by atoms with E-state index in [1.807, 2.05) is 0 Å². The lowest BCUT2D eigenvalue weighted by Gasteiger charge is -2.28. The molecule has 2 heterocycles. The molecule has 1 aromatic rings. The molecule has 2 unspecified atom stereocenters. The van der Waals surface area contributed by atoms with Crippen molar-refractivity contribution in [1.82, 2.24) is 20.8 Å². The fourth-order valence-electron chi connectivity index (χ4n) is 2.13. The normalized spacial score (nSPS) is 24.5. The van der Waals surface area contributed by atoms with E-state index in [9.17, 15) is 4.79 Å². The van der Waals surface area contributed by atoms with Gasteiger partial charge in [0.1, 0.15) is 0 Å². The summed E-state index contributed by atoms with van der Waals surface area (Å²) in [6.07, 6.45) is 2.82. The largest absolute Gasteiger partial charge is 0.355 e. The second-order valence-electron chi connectivity index (χ2n) is 4.47. The van der Waals surface area contributed by atoms with E-state index in [0.29, 0.717) is 24.7 Å². The zero-order valence-corrected chi connectivity index (χ0v) is 9.98. The summed E-state index contributed by atoms with van der Waals surface area (Å²) in [5.41, 5.74) is 0. The molecule has 0 aliphatic carbocycles. The summed E-state index contributed by atoms with van der Waals surface area (Å²) in [6.45, 7) is 4.51. The maximum Gasteiger partial charge on any atom is 0.223 e. The van der Waals surface area contributed by atoms with Gasteiger partial charge in [0.15, 0.2) is 5.82 Å². The molecule has 2 rings (SSSR count). The van der Waals surface area contributed by atoms with Crippen LogP contribution in [0.25, 0.3) is 0 Å². The summed E-state index contributed by atoms with van der Waals surface area (Å²) >= 11 is 0. The van der Waals surface area contributed by atoms with E-state index in [2.05, 4.69) is 32.2 Å². The Bertz CT molecular complexity index is 352. The van der Waals surface area contributed by atoms with E-state index in [4.69, 9.17) is 0 Å². The molecule has 0 radical (unpaired) electrons. The minimum Gasteiger partial charge on any atom is -0.355 e. The van der Waals surface area contributed by atoms with E-state index in [0.717, 1.165) is 19.5 Å². The predicted molar refractivity (Wildman–Crippen MR) is 61.2 cm³/mol. The van der Waals surface area contributed by atoms with Crippen molar-refractivity contribution in [2.75, 3.05) is 19.6 Å². The predicted octanol–water partition coefficient (Wildman–Crippen LogP) is -0.0261. The number of carbonyl (C=O) groups excluding carboxylic acids is 1. The molecule has 1 fully saturated rings. The Labute approximate surface area is 100 Å². The van der Waals surface area contributed by atoms with Crippen LogP contribution in [-0.4, -0.2) is 35.7 Å². The van der Waals surface area contributed by atoms with Gasteiger partial charge in [0.2, 0.25) is 12.3 Å². The third-order valence-corrected chi connectivity index (χ3v) is 3.18. The molecule has 0 saturated carbocycles. The van der Waals surface area contributed by atoms with Crippen LogP contribution in [0.2, 0.25) is 0 Å². The second-order valence-corrected chi connectivity index (χ2v) is 4.47. The van der Waals surface area contributed by atoms with Gasteiger partial charge in [-0.3, -0.25) is 4.79 Å². The Morgan fingerprint density at radius 1 is 1.71 bits per heavy atom. The average Bonchev–Trinajstić information content (AvgIpc) is 2.82. The number of aromatic nitrogens is 2. The molecule has 94 valence electrons. The average molecular weight is 238 g/mol. The van der Waals surface area contributed by atoms with Crippen LogP contribution in [0.5, 0.6) is 0 Å². The maximum atomic E-state index is 11.9. The van der Waals surface area contributed by atoms with Gasteiger partial charge in [-0.25, -0.2) is 0 Å². The van der Waals surface area contributed by atoms with Crippen molar-refractivity contribution in [3.63, 3.8) is 0 Å². The van der Waals surface area contributed by atoms with Crippen LogP contribution in [0.4, 0.5) is 0 Å². The number of hydrogen-bond acceptors (Lipinski definition) is 5. The first-order valence-electron chi connectivity index (χ1n) is 6.01.